The topological polar surface area (TPSA) is 137 Å². The molecule has 1 aliphatic heterocycles. The summed E-state index contributed by atoms with van der Waals surface area (Å²) in [6, 6.07) is 14.2. The van der Waals surface area contributed by atoms with Crippen LogP contribution in [0.2, 0.25) is 0 Å². The van der Waals surface area contributed by atoms with Gasteiger partial charge in [-0.1, -0.05) is 36.4 Å². The van der Waals surface area contributed by atoms with Crippen molar-refractivity contribution in [2.24, 2.45) is 5.73 Å². The number of ether oxygens (including phenoxy) is 2. The van der Waals surface area contributed by atoms with E-state index < -0.39 is 12.0 Å². The van der Waals surface area contributed by atoms with Crippen molar-refractivity contribution in [2.75, 3.05) is 24.1 Å². The number of primary amides is 1. The monoisotopic (exact) mass is 440 g/mol. The van der Waals surface area contributed by atoms with Gasteiger partial charge in [-0.15, -0.1) is 0 Å². The number of anilines is 2. The van der Waals surface area contributed by atoms with E-state index in [1.807, 2.05) is 30.3 Å². The molecule has 9 heteroatoms. The standard InChI is InChI=1S/C23H28N4O5/c1-15(22(29)26-19-9-5-8-18(20(19)24)21(25)28)32-17-10-12-27(13-11-17)23(30)31-14-16-6-3-2-4-7-16/h2-9,15,17H,10-14,24H2,1H3,(H2,25,28)(H,26,29). The molecule has 1 saturated heterocycles. The van der Waals surface area contributed by atoms with Crippen LogP contribution in [0.5, 0.6) is 0 Å². The van der Waals surface area contributed by atoms with Crippen LogP contribution in [-0.4, -0.2) is 48.1 Å². The van der Waals surface area contributed by atoms with Gasteiger partial charge in [0.05, 0.1) is 23.0 Å². The fourth-order valence-electron chi connectivity index (χ4n) is 3.46. The maximum atomic E-state index is 12.5. The van der Waals surface area contributed by atoms with Gasteiger partial charge in [0.25, 0.3) is 11.8 Å². The molecule has 0 radical (unpaired) electrons. The number of rotatable bonds is 7. The molecule has 1 heterocycles. The van der Waals surface area contributed by atoms with E-state index in [2.05, 4.69) is 5.32 Å². The second-order valence-corrected chi connectivity index (χ2v) is 7.63. The number of piperidine rings is 1. The van der Waals surface area contributed by atoms with E-state index in [0.717, 1.165) is 5.56 Å². The Morgan fingerprint density at radius 1 is 1.09 bits per heavy atom. The van der Waals surface area contributed by atoms with Gasteiger partial charge < -0.3 is 31.2 Å². The van der Waals surface area contributed by atoms with Gasteiger partial charge >= 0.3 is 6.09 Å². The molecule has 0 aliphatic carbocycles. The molecule has 0 saturated carbocycles. The van der Waals surface area contributed by atoms with Crippen LogP contribution in [0.25, 0.3) is 0 Å². The van der Waals surface area contributed by atoms with E-state index in [-0.39, 0.29) is 36.0 Å². The summed E-state index contributed by atoms with van der Waals surface area (Å²) in [5, 5.41) is 2.67. The van der Waals surface area contributed by atoms with E-state index >= 15 is 0 Å². The van der Waals surface area contributed by atoms with Gasteiger partial charge in [-0.25, -0.2) is 4.79 Å². The summed E-state index contributed by atoms with van der Waals surface area (Å²) in [6.07, 6.45) is -0.0753. The van der Waals surface area contributed by atoms with Gasteiger partial charge in [-0.05, 0) is 37.5 Å². The van der Waals surface area contributed by atoms with E-state index in [4.69, 9.17) is 20.9 Å². The third-order valence-corrected chi connectivity index (χ3v) is 5.30. The second kappa shape index (κ2) is 10.6. The number of nitrogens with zero attached hydrogens (tertiary/aromatic N) is 1. The minimum Gasteiger partial charge on any atom is -0.445 e. The molecule has 0 aromatic heterocycles. The Hall–Kier alpha value is -3.59. The van der Waals surface area contributed by atoms with Crippen molar-refractivity contribution in [1.29, 1.82) is 0 Å². The summed E-state index contributed by atoms with van der Waals surface area (Å²) in [4.78, 5) is 37.8. The van der Waals surface area contributed by atoms with Crippen LogP contribution in [0.3, 0.4) is 0 Å². The zero-order valence-electron chi connectivity index (χ0n) is 18.0. The van der Waals surface area contributed by atoms with E-state index in [9.17, 15) is 14.4 Å². The highest BCUT2D eigenvalue weighted by atomic mass is 16.6. The lowest BCUT2D eigenvalue weighted by Gasteiger charge is -2.32. The average Bonchev–Trinajstić information content (AvgIpc) is 2.79. The van der Waals surface area contributed by atoms with Crippen LogP contribution in [0.1, 0.15) is 35.7 Å². The maximum Gasteiger partial charge on any atom is 0.410 e. The smallest absolute Gasteiger partial charge is 0.410 e. The van der Waals surface area contributed by atoms with Gasteiger partial charge in [0.1, 0.15) is 12.7 Å². The molecule has 170 valence electrons. The molecule has 1 unspecified atom stereocenters. The lowest BCUT2D eigenvalue weighted by molar-refractivity contribution is -0.131. The average molecular weight is 441 g/mol. The summed E-state index contributed by atoms with van der Waals surface area (Å²) in [7, 11) is 0. The van der Waals surface area contributed by atoms with Gasteiger partial charge in [0.15, 0.2) is 0 Å². The second-order valence-electron chi connectivity index (χ2n) is 7.63. The van der Waals surface area contributed by atoms with Crippen molar-refractivity contribution in [1.82, 2.24) is 4.90 Å². The largest absolute Gasteiger partial charge is 0.445 e. The van der Waals surface area contributed by atoms with Crippen molar-refractivity contribution in [3.63, 3.8) is 0 Å². The first kappa shape index (κ1) is 23.1. The number of amides is 3. The maximum absolute atomic E-state index is 12.5. The number of para-hydroxylation sites is 1. The van der Waals surface area contributed by atoms with E-state index in [1.54, 1.807) is 24.0 Å². The fraction of sp³-hybridized carbons (Fsp3) is 0.348. The molecule has 5 N–H and O–H groups in total. The van der Waals surface area contributed by atoms with Crippen molar-refractivity contribution in [3.8, 4) is 0 Å². The molecule has 0 spiro atoms. The first-order valence-electron chi connectivity index (χ1n) is 10.5. The lowest BCUT2D eigenvalue weighted by atomic mass is 10.1. The van der Waals surface area contributed by atoms with Crippen molar-refractivity contribution < 1.29 is 23.9 Å². The molecule has 3 rings (SSSR count). The number of nitrogen functional groups attached to an aromatic ring is 1. The molecular formula is C23H28N4O5. The van der Waals surface area contributed by atoms with Gasteiger partial charge in [-0.2, -0.15) is 0 Å². The molecule has 2 aromatic rings. The normalized spacial score (nSPS) is 15.1. The van der Waals surface area contributed by atoms with Gasteiger partial charge in [0, 0.05) is 13.1 Å². The number of hydrogen-bond acceptors (Lipinski definition) is 6. The highest BCUT2D eigenvalue weighted by Gasteiger charge is 2.27. The number of carbonyl (C=O) groups is 3. The van der Waals surface area contributed by atoms with E-state index in [0.29, 0.717) is 31.6 Å². The molecular weight excluding hydrogens is 412 g/mol. The summed E-state index contributed by atoms with van der Waals surface area (Å²) >= 11 is 0. The quantitative estimate of drug-likeness (QED) is 0.566. The van der Waals surface area contributed by atoms with Crippen LogP contribution in [0.15, 0.2) is 48.5 Å². The van der Waals surface area contributed by atoms with Crippen LogP contribution in [0, 0.1) is 0 Å². The third kappa shape index (κ3) is 5.98. The van der Waals surface area contributed by atoms with E-state index in [1.165, 1.54) is 6.07 Å². The Morgan fingerprint density at radius 3 is 2.44 bits per heavy atom. The molecule has 1 atom stereocenters. The number of hydrogen-bond donors (Lipinski definition) is 3. The Labute approximate surface area is 186 Å². The molecule has 2 aromatic carbocycles. The number of benzene rings is 2. The lowest BCUT2D eigenvalue weighted by Crippen LogP contribution is -2.43. The van der Waals surface area contributed by atoms with Crippen molar-refractivity contribution >= 4 is 29.3 Å². The minimum atomic E-state index is -0.742. The number of likely N-dealkylation sites (tertiary alicyclic amines) is 1. The van der Waals surface area contributed by atoms with Crippen molar-refractivity contribution in [3.05, 3.63) is 59.7 Å². The first-order chi connectivity index (χ1) is 15.3. The highest BCUT2D eigenvalue weighted by molar-refractivity contribution is 6.04. The summed E-state index contributed by atoms with van der Waals surface area (Å²) in [5.41, 5.74) is 12.7. The summed E-state index contributed by atoms with van der Waals surface area (Å²) < 4.78 is 11.2. The Balaban J connectivity index is 1.44. The molecule has 3 amide bonds. The number of nitrogens with one attached hydrogen (secondary N) is 1. The van der Waals surface area contributed by atoms with Crippen LogP contribution in [0.4, 0.5) is 16.2 Å². The highest BCUT2D eigenvalue weighted by Crippen LogP contribution is 2.23. The molecule has 0 bridgehead atoms. The SMILES string of the molecule is CC(OC1CCN(C(=O)OCc2ccccc2)CC1)C(=O)Nc1cccc(C(N)=O)c1N. The van der Waals surface area contributed by atoms with Gasteiger partial charge in [0.2, 0.25) is 0 Å². The molecule has 32 heavy (non-hydrogen) atoms. The predicted molar refractivity (Wildman–Crippen MR) is 120 cm³/mol. The Kier molecular flexibility index (Phi) is 7.67. The molecule has 1 fully saturated rings. The number of nitrogens with two attached hydrogens (primary N) is 2. The predicted octanol–water partition coefficient (Wildman–Crippen LogP) is 2.51. The number of carbonyl (C=O) groups excluding carboxylic acids is 3. The third-order valence-electron chi connectivity index (χ3n) is 5.30. The minimum absolute atomic E-state index is 0.114. The Bertz CT molecular complexity index is 958. The van der Waals surface area contributed by atoms with Crippen LogP contribution >= 0.6 is 0 Å². The van der Waals surface area contributed by atoms with Crippen LogP contribution < -0.4 is 16.8 Å². The van der Waals surface area contributed by atoms with Crippen LogP contribution in [-0.2, 0) is 20.9 Å². The fourth-order valence-corrected chi connectivity index (χ4v) is 3.46. The summed E-state index contributed by atoms with van der Waals surface area (Å²) in [5.74, 6) is -1.06. The first-order valence-corrected chi connectivity index (χ1v) is 10.5. The zero-order chi connectivity index (χ0) is 23.1. The molecule has 9 nitrogen and oxygen atoms in total. The molecule has 1 aliphatic rings. The Morgan fingerprint density at radius 2 is 1.78 bits per heavy atom. The summed E-state index contributed by atoms with van der Waals surface area (Å²) in [6.45, 7) is 2.85. The van der Waals surface area contributed by atoms with Crippen molar-refractivity contribution in [2.45, 2.75) is 38.6 Å². The zero-order valence-corrected chi connectivity index (χ0v) is 18.0. The van der Waals surface area contributed by atoms with Gasteiger partial charge in [-0.3, -0.25) is 9.59 Å².